The van der Waals surface area contributed by atoms with Crippen LogP contribution >= 0.6 is 15.9 Å². The number of hydrogen-bond acceptors (Lipinski definition) is 3. The van der Waals surface area contributed by atoms with Gasteiger partial charge in [-0.15, -0.1) is 0 Å². The van der Waals surface area contributed by atoms with Gasteiger partial charge in [0.15, 0.2) is 0 Å². The molecule has 4 heteroatoms. The molecule has 1 aromatic carbocycles. The van der Waals surface area contributed by atoms with Crippen molar-refractivity contribution in [3.05, 3.63) is 29.3 Å². The zero-order valence-corrected chi connectivity index (χ0v) is 15.6. The van der Waals surface area contributed by atoms with E-state index in [1.54, 1.807) is 0 Å². The molecule has 0 radical (unpaired) electrons. The van der Waals surface area contributed by atoms with E-state index in [0.717, 1.165) is 38.5 Å². The molecule has 0 heterocycles. The second-order valence-electron chi connectivity index (χ2n) is 7.80. The van der Waals surface area contributed by atoms with E-state index < -0.39 is 0 Å². The maximum absolute atomic E-state index is 12.4. The number of ether oxygens (including phenoxy) is 1. The topological polar surface area (TPSA) is 43.4 Å². The van der Waals surface area contributed by atoms with Crippen molar-refractivity contribution in [1.82, 2.24) is 0 Å². The van der Waals surface area contributed by atoms with Gasteiger partial charge >= 0.3 is 5.97 Å². The van der Waals surface area contributed by atoms with E-state index in [0.29, 0.717) is 29.3 Å². The minimum Gasteiger partial charge on any atom is -0.426 e. The maximum atomic E-state index is 12.4. The summed E-state index contributed by atoms with van der Waals surface area (Å²) in [6.07, 6.45) is 6.16. The summed E-state index contributed by atoms with van der Waals surface area (Å²) in [7, 11) is 0. The number of aryl methyl sites for hydroxylation is 1. The summed E-state index contributed by atoms with van der Waals surface area (Å²) in [4.78, 5) is 23.8. The first-order valence-electron chi connectivity index (χ1n) is 8.95. The Kier molecular flexibility index (Phi) is 4.06. The number of alkyl halides is 1. The number of carbonyl (C=O) groups is 2. The van der Waals surface area contributed by atoms with Gasteiger partial charge in [-0.05, 0) is 73.1 Å². The number of esters is 1. The molecule has 1 aromatic rings. The fourth-order valence-corrected chi connectivity index (χ4v) is 5.67. The molecular formula is C20H23BrO3. The number of fused-ring (bicyclic) bond motifs is 5. The van der Waals surface area contributed by atoms with E-state index in [2.05, 4.69) is 28.9 Å². The Morgan fingerprint density at radius 2 is 2.12 bits per heavy atom. The second-order valence-corrected chi connectivity index (χ2v) is 8.36. The maximum Gasteiger partial charge on any atom is 0.321 e. The predicted octanol–water partition coefficient (Wildman–Crippen LogP) is 4.41. The van der Waals surface area contributed by atoms with Gasteiger partial charge in [-0.1, -0.05) is 28.9 Å². The fourth-order valence-electron chi connectivity index (χ4n) is 5.55. The number of Topliss-reactive ketones (excluding diaryl/α,β-unsaturated/α-hetero) is 1. The number of rotatable bonds is 2. The molecule has 4 atom stereocenters. The molecule has 0 N–H and O–H groups in total. The standard InChI is InChI=1S/C20H23BrO3/c1-20-9-8-15-14-5-3-13(24-19(23)11-21)10-12(14)2-4-16(15)17(20)6-7-18(20)22/h3,5,10,15-17H,2,4,6-9,11H2,1H3. The second kappa shape index (κ2) is 5.98. The van der Waals surface area contributed by atoms with Gasteiger partial charge < -0.3 is 4.74 Å². The third-order valence-corrected chi connectivity index (χ3v) is 7.21. The summed E-state index contributed by atoms with van der Waals surface area (Å²) in [5.74, 6) is 2.64. The molecule has 24 heavy (non-hydrogen) atoms. The van der Waals surface area contributed by atoms with Crippen LogP contribution in [0.4, 0.5) is 0 Å². The molecule has 3 aliphatic rings. The lowest BCUT2D eigenvalue weighted by Crippen LogP contribution is -2.42. The van der Waals surface area contributed by atoms with E-state index in [1.807, 2.05) is 12.1 Å². The summed E-state index contributed by atoms with van der Waals surface area (Å²) >= 11 is 3.13. The third kappa shape index (κ3) is 2.45. The first-order valence-corrected chi connectivity index (χ1v) is 10.1. The van der Waals surface area contributed by atoms with Gasteiger partial charge in [-0.25, -0.2) is 0 Å². The highest BCUT2D eigenvalue weighted by atomic mass is 79.9. The normalized spacial score (nSPS) is 34.2. The van der Waals surface area contributed by atoms with Crippen LogP contribution in [0.2, 0.25) is 0 Å². The quantitative estimate of drug-likeness (QED) is 0.426. The summed E-state index contributed by atoms with van der Waals surface area (Å²) in [5.41, 5.74) is 2.68. The van der Waals surface area contributed by atoms with Crippen molar-refractivity contribution in [1.29, 1.82) is 0 Å². The number of carbonyl (C=O) groups excluding carboxylic acids is 2. The molecule has 0 bridgehead atoms. The van der Waals surface area contributed by atoms with E-state index in [1.165, 1.54) is 11.1 Å². The lowest BCUT2D eigenvalue weighted by molar-refractivity contribution is -0.131. The molecule has 2 fully saturated rings. The van der Waals surface area contributed by atoms with Crippen LogP contribution in [0.1, 0.15) is 56.1 Å². The first-order chi connectivity index (χ1) is 11.5. The largest absolute Gasteiger partial charge is 0.426 e. The zero-order valence-electron chi connectivity index (χ0n) is 14.0. The summed E-state index contributed by atoms with van der Waals surface area (Å²) in [6, 6.07) is 6.12. The SMILES string of the molecule is CC12CCC3c4ccc(OC(=O)CBr)cc4CCC3C1CCC2=O. The average molecular weight is 391 g/mol. The van der Waals surface area contributed by atoms with Crippen molar-refractivity contribution >= 4 is 27.7 Å². The van der Waals surface area contributed by atoms with Crippen LogP contribution in [0.5, 0.6) is 5.75 Å². The van der Waals surface area contributed by atoms with Crippen LogP contribution < -0.4 is 4.74 Å². The average Bonchev–Trinajstić information content (AvgIpc) is 2.89. The smallest absolute Gasteiger partial charge is 0.321 e. The van der Waals surface area contributed by atoms with Crippen LogP contribution in [0.3, 0.4) is 0 Å². The molecule has 4 unspecified atom stereocenters. The highest BCUT2D eigenvalue weighted by molar-refractivity contribution is 9.09. The zero-order chi connectivity index (χ0) is 16.9. The van der Waals surface area contributed by atoms with Gasteiger partial charge in [0.2, 0.25) is 0 Å². The monoisotopic (exact) mass is 390 g/mol. The van der Waals surface area contributed by atoms with Crippen LogP contribution in [0.15, 0.2) is 18.2 Å². The van der Waals surface area contributed by atoms with E-state index in [9.17, 15) is 9.59 Å². The molecule has 0 amide bonds. The lowest BCUT2D eigenvalue weighted by Gasteiger charge is -2.48. The molecule has 0 spiro atoms. The van der Waals surface area contributed by atoms with Gasteiger partial charge in [0.25, 0.3) is 0 Å². The van der Waals surface area contributed by atoms with Gasteiger partial charge in [0.1, 0.15) is 16.9 Å². The van der Waals surface area contributed by atoms with Crippen LogP contribution in [-0.4, -0.2) is 17.1 Å². The Labute approximate surface area is 151 Å². The molecule has 3 aliphatic carbocycles. The minimum atomic E-state index is -0.262. The molecular weight excluding hydrogens is 368 g/mol. The highest BCUT2D eigenvalue weighted by Crippen LogP contribution is 2.59. The summed E-state index contributed by atoms with van der Waals surface area (Å²) < 4.78 is 5.33. The molecule has 128 valence electrons. The van der Waals surface area contributed by atoms with Crippen molar-refractivity contribution in [2.75, 3.05) is 5.33 Å². The van der Waals surface area contributed by atoms with Crippen LogP contribution in [0.25, 0.3) is 0 Å². The molecule has 3 nitrogen and oxygen atoms in total. The van der Waals surface area contributed by atoms with Gasteiger partial charge in [0.05, 0.1) is 0 Å². The van der Waals surface area contributed by atoms with Crippen molar-refractivity contribution < 1.29 is 14.3 Å². The van der Waals surface area contributed by atoms with Crippen molar-refractivity contribution in [2.45, 2.75) is 51.4 Å². The predicted molar refractivity (Wildman–Crippen MR) is 95.5 cm³/mol. The van der Waals surface area contributed by atoms with Crippen LogP contribution in [0, 0.1) is 17.3 Å². The first kappa shape index (κ1) is 16.3. The number of halogens is 1. The Morgan fingerprint density at radius 1 is 1.29 bits per heavy atom. The van der Waals surface area contributed by atoms with Crippen molar-refractivity contribution in [3.8, 4) is 5.75 Å². The van der Waals surface area contributed by atoms with Crippen molar-refractivity contribution in [2.24, 2.45) is 17.3 Å². The van der Waals surface area contributed by atoms with E-state index >= 15 is 0 Å². The molecule has 4 rings (SSSR count). The molecule has 2 saturated carbocycles. The Bertz CT molecular complexity index is 698. The number of ketones is 1. The summed E-state index contributed by atoms with van der Waals surface area (Å²) in [5, 5.41) is 0.211. The molecule has 0 aliphatic heterocycles. The number of benzene rings is 1. The number of hydrogen-bond donors (Lipinski definition) is 0. The molecule has 0 aromatic heterocycles. The van der Waals surface area contributed by atoms with Gasteiger partial charge in [-0.2, -0.15) is 0 Å². The third-order valence-electron chi connectivity index (χ3n) is 6.75. The van der Waals surface area contributed by atoms with Crippen molar-refractivity contribution in [3.63, 3.8) is 0 Å². The summed E-state index contributed by atoms with van der Waals surface area (Å²) in [6.45, 7) is 2.21. The minimum absolute atomic E-state index is 0.0655. The Hall–Kier alpha value is -1.16. The van der Waals surface area contributed by atoms with E-state index in [4.69, 9.17) is 4.74 Å². The van der Waals surface area contributed by atoms with E-state index in [-0.39, 0.29) is 16.7 Å². The Balaban J connectivity index is 1.61. The lowest BCUT2D eigenvalue weighted by atomic mass is 9.55. The fraction of sp³-hybridized carbons (Fsp3) is 0.600. The van der Waals surface area contributed by atoms with Gasteiger partial charge in [0, 0.05) is 11.8 Å². The van der Waals surface area contributed by atoms with Crippen LogP contribution in [-0.2, 0) is 16.0 Å². The highest BCUT2D eigenvalue weighted by Gasteiger charge is 2.54. The Morgan fingerprint density at radius 3 is 2.92 bits per heavy atom. The molecule has 0 saturated heterocycles. The van der Waals surface area contributed by atoms with Gasteiger partial charge in [-0.3, -0.25) is 9.59 Å².